The third-order valence-electron chi connectivity index (χ3n) is 3.81. The highest BCUT2D eigenvalue weighted by Gasteiger charge is 2.19. The number of hydrogen-bond donors (Lipinski definition) is 2. The minimum absolute atomic E-state index is 0.0735. The van der Waals surface area contributed by atoms with Crippen molar-refractivity contribution < 1.29 is 9.18 Å². The van der Waals surface area contributed by atoms with Gasteiger partial charge in [-0.05, 0) is 24.3 Å². The lowest BCUT2D eigenvalue weighted by Crippen LogP contribution is -2.51. The number of aliphatic imine (C=N–C) groups is 1. The van der Waals surface area contributed by atoms with Gasteiger partial charge in [-0.3, -0.25) is 4.79 Å². The zero-order chi connectivity index (χ0) is 17.6. The summed E-state index contributed by atoms with van der Waals surface area (Å²) >= 11 is 1.61. The Morgan fingerprint density at radius 1 is 1.28 bits per heavy atom. The molecule has 0 spiro atoms. The van der Waals surface area contributed by atoms with Crippen LogP contribution in [-0.4, -0.2) is 54.5 Å². The molecule has 0 unspecified atom stereocenters. The second-order valence-corrected chi connectivity index (χ2v) is 6.39. The number of hydrogen-bond acceptors (Lipinski definition) is 5. The number of benzene rings is 1. The van der Waals surface area contributed by atoms with E-state index in [0.717, 1.165) is 31.3 Å². The summed E-state index contributed by atoms with van der Waals surface area (Å²) < 4.78 is 12.8. The van der Waals surface area contributed by atoms with Crippen LogP contribution in [0.4, 0.5) is 15.2 Å². The molecule has 0 bridgehead atoms. The van der Waals surface area contributed by atoms with Gasteiger partial charge in [0, 0.05) is 43.4 Å². The number of anilines is 2. The monoisotopic (exact) mass is 362 g/mol. The third kappa shape index (κ3) is 4.66. The van der Waals surface area contributed by atoms with Crippen molar-refractivity contribution in [1.82, 2.24) is 9.88 Å². The highest BCUT2D eigenvalue weighted by atomic mass is 32.1. The summed E-state index contributed by atoms with van der Waals surface area (Å²) in [6.45, 7) is 3.01. The smallest absolute Gasteiger partial charge is 0.246 e. The lowest BCUT2D eigenvalue weighted by molar-refractivity contribution is -0.114. The molecule has 2 heterocycles. The van der Waals surface area contributed by atoms with E-state index in [2.05, 4.69) is 20.2 Å². The van der Waals surface area contributed by atoms with Gasteiger partial charge in [-0.1, -0.05) is 0 Å². The summed E-state index contributed by atoms with van der Waals surface area (Å²) in [7, 11) is 0. The van der Waals surface area contributed by atoms with Gasteiger partial charge in [-0.15, -0.1) is 11.3 Å². The number of thiazole rings is 1. The van der Waals surface area contributed by atoms with Crippen LogP contribution in [0.1, 0.15) is 0 Å². The molecular formula is C16H19FN6OS. The normalized spacial score (nSPS) is 15.3. The first-order valence-electron chi connectivity index (χ1n) is 7.86. The van der Waals surface area contributed by atoms with Crippen LogP contribution in [0.25, 0.3) is 0 Å². The second-order valence-electron chi connectivity index (χ2n) is 5.52. The van der Waals surface area contributed by atoms with Gasteiger partial charge in [0.15, 0.2) is 11.1 Å². The summed E-state index contributed by atoms with van der Waals surface area (Å²) in [4.78, 5) is 24.5. The van der Waals surface area contributed by atoms with Gasteiger partial charge in [-0.25, -0.2) is 14.4 Å². The standard InChI is InChI=1S/C16H19FN6OS/c17-12-1-3-13(4-2-12)21-14(24)11-20-15(18)22-6-8-23(9-7-22)16-19-5-10-25-16/h1-5,10H,6-9,11H2,(H2,18,20)(H,21,24). The molecule has 0 saturated carbocycles. The van der Waals surface area contributed by atoms with Crippen LogP contribution in [0.3, 0.4) is 0 Å². The quantitative estimate of drug-likeness (QED) is 0.633. The Kier molecular flexibility index (Phi) is 5.44. The largest absolute Gasteiger partial charge is 0.370 e. The minimum Gasteiger partial charge on any atom is -0.370 e. The lowest BCUT2D eigenvalue weighted by Gasteiger charge is -2.35. The number of nitrogens with two attached hydrogens (primary N) is 1. The molecular weight excluding hydrogens is 343 g/mol. The molecule has 0 radical (unpaired) electrons. The molecule has 9 heteroatoms. The van der Waals surface area contributed by atoms with E-state index < -0.39 is 0 Å². The number of rotatable bonds is 4. The van der Waals surface area contributed by atoms with Crippen LogP contribution in [0.2, 0.25) is 0 Å². The molecule has 0 atom stereocenters. The maximum Gasteiger partial charge on any atom is 0.246 e. The maximum atomic E-state index is 12.8. The van der Waals surface area contributed by atoms with E-state index in [1.54, 1.807) is 17.5 Å². The van der Waals surface area contributed by atoms with Crippen LogP contribution in [0.5, 0.6) is 0 Å². The van der Waals surface area contributed by atoms with Crippen molar-refractivity contribution in [3.63, 3.8) is 0 Å². The molecule has 1 saturated heterocycles. The van der Waals surface area contributed by atoms with Crippen molar-refractivity contribution in [2.75, 3.05) is 42.9 Å². The van der Waals surface area contributed by atoms with Gasteiger partial charge in [0.2, 0.25) is 5.91 Å². The summed E-state index contributed by atoms with van der Waals surface area (Å²) in [5.74, 6) is -0.291. The molecule has 3 N–H and O–H groups in total. The zero-order valence-corrected chi connectivity index (χ0v) is 14.4. The predicted molar refractivity (Wildman–Crippen MR) is 97.4 cm³/mol. The van der Waals surface area contributed by atoms with E-state index in [1.807, 2.05) is 10.3 Å². The zero-order valence-electron chi connectivity index (χ0n) is 13.6. The average Bonchev–Trinajstić information content (AvgIpc) is 3.16. The molecule has 1 aliphatic heterocycles. The molecule has 1 fully saturated rings. The summed E-state index contributed by atoms with van der Waals surface area (Å²) in [5, 5.41) is 5.61. The number of halogens is 1. The highest BCUT2D eigenvalue weighted by Crippen LogP contribution is 2.18. The number of piperazine rings is 1. The summed E-state index contributed by atoms with van der Waals surface area (Å²) in [6, 6.07) is 5.57. The van der Waals surface area contributed by atoms with Gasteiger partial charge in [0.1, 0.15) is 12.4 Å². The summed E-state index contributed by atoms with van der Waals surface area (Å²) in [5.41, 5.74) is 6.51. The molecule has 0 aliphatic carbocycles. The van der Waals surface area contributed by atoms with Crippen molar-refractivity contribution in [2.45, 2.75) is 0 Å². The number of carbonyl (C=O) groups is 1. The highest BCUT2D eigenvalue weighted by molar-refractivity contribution is 7.13. The van der Waals surface area contributed by atoms with Gasteiger partial charge >= 0.3 is 0 Å². The van der Waals surface area contributed by atoms with Crippen molar-refractivity contribution in [2.24, 2.45) is 10.7 Å². The van der Waals surface area contributed by atoms with Crippen LogP contribution in [-0.2, 0) is 4.79 Å². The number of carbonyl (C=O) groups excluding carboxylic acids is 1. The van der Waals surface area contributed by atoms with Crippen LogP contribution >= 0.6 is 11.3 Å². The van der Waals surface area contributed by atoms with Crippen LogP contribution in [0.15, 0.2) is 40.8 Å². The van der Waals surface area contributed by atoms with Crippen LogP contribution < -0.4 is 16.0 Å². The first-order valence-corrected chi connectivity index (χ1v) is 8.74. The summed E-state index contributed by atoms with van der Waals surface area (Å²) in [6.07, 6.45) is 1.79. The molecule has 1 aromatic carbocycles. The Balaban J connectivity index is 1.47. The van der Waals surface area contributed by atoms with Gasteiger partial charge in [0.25, 0.3) is 0 Å². The van der Waals surface area contributed by atoms with Crippen LogP contribution in [0, 0.1) is 5.82 Å². The molecule has 1 aromatic heterocycles. The lowest BCUT2D eigenvalue weighted by atomic mass is 10.3. The van der Waals surface area contributed by atoms with E-state index in [0.29, 0.717) is 11.6 Å². The number of amides is 1. The molecule has 1 aliphatic rings. The fourth-order valence-corrected chi connectivity index (χ4v) is 3.18. The number of nitrogens with zero attached hydrogens (tertiary/aromatic N) is 4. The average molecular weight is 362 g/mol. The Morgan fingerprint density at radius 3 is 2.64 bits per heavy atom. The van der Waals surface area contributed by atoms with Gasteiger partial charge < -0.3 is 20.9 Å². The van der Waals surface area contributed by atoms with Gasteiger partial charge in [0.05, 0.1) is 0 Å². The fourth-order valence-electron chi connectivity index (χ4n) is 2.49. The molecule has 2 aromatic rings. The van der Waals surface area contributed by atoms with Crippen molar-refractivity contribution in [1.29, 1.82) is 0 Å². The SMILES string of the molecule is NC(=NCC(=O)Nc1ccc(F)cc1)N1CCN(c2nccs2)CC1. The number of guanidine groups is 1. The van der Waals surface area contributed by atoms with E-state index in [9.17, 15) is 9.18 Å². The Hall–Kier alpha value is -2.68. The molecule has 3 rings (SSSR count). The fraction of sp³-hybridized carbons (Fsp3) is 0.312. The Labute approximate surface area is 149 Å². The first-order chi connectivity index (χ1) is 12.1. The van der Waals surface area contributed by atoms with E-state index >= 15 is 0 Å². The predicted octanol–water partition coefficient (Wildman–Crippen LogP) is 1.36. The van der Waals surface area contributed by atoms with Gasteiger partial charge in [-0.2, -0.15) is 0 Å². The number of nitrogens with one attached hydrogen (secondary N) is 1. The molecule has 1 amide bonds. The maximum absolute atomic E-state index is 12.8. The first kappa shape index (κ1) is 17.2. The second kappa shape index (κ2) is 7.93. The van der Waals surface area contributed by atoms with Crippen molar-refractivity contribution in [3.05, 3.63) is 41.7 Å². The van der Waals surface area contributed by atoms with Crippen molar-refractivity contribution in [3.8, 4) is 0 Å². The van der Waals surface area contributed by atoms with E-state index in [1.165, 1.54) is 24.3 Å². The van der Waals surface area contributed by atoms with E-state index in [-0.39, 0.29) is 18.3 Å². The minimum atomic E-state index is -0.350. The topological polar surface area (TPSA) is 86.8 Å². The molecule has 132 valence electrons. The van der Waals surface area contributed by atoms with E-state index in [4.69, 9.17) is 5.73 Å². The Morgan fingerprint density at radius 2 is 2.00 bits per heavy atom. The number of aromatic nitrogens is 1. The van der Waals surface area contributed by atoms with Crippen molar-refractivity contribution >= 4 is 34.0 Å². The molecule has 25 heavy (non-hydrogen) atoms. The third-order valence-corrected chi connectivity index (χ3v) is 4.64. The Bertz CT molecular complexity index is 726. The molecule has 7 nitrogen and oxygen atoms in total.